The van der Waals surface area contributed by atoms with Crippen LogP contribution in [-0.2, 0) is 6.54 Å². The molecule has 0 aliphatic carbocycles. The van der Waals surface area contributed by atoms with Crippen molar-refractivity contribution >= 4 is 0 Å². The Bertz CT molecular complexity index is 665. The summed E-state index contributed by atoms with van der Waals surface area (Å²) in [6.45, 7) is 5.57. The normalized spacial score (nSPS) is 10.6. The molecule has 112 valence electrons. The molecule has 0 aliphatic heterocycles. The van der Waals surface area contributed by atoms with Crippen LogP contribution in [0.5, 0.6) is 5.75 Å². The summed E-state index contributed by atoms with van der Waals surface area (Å²) in [5.41, 5.74) is 2.49. The molecule has 2 rings (SSSR count). The van der Waals surface area contributed by atoms with Gasteiger partial charge in [-0.1, -0.05) is 6.92 Å². The number of ether oxygens (including phenoxy) is 1. The number of methoxy groups -OCH3 is 1. The maximum absolute atomic E-state index is 11.8. The van der Waals surface area contributed by atoms with Crippen LogP contribution in [0.3, 0.4) is 0 Å². The van der Waals surface area contributed by atoms with Crippen molar-refractivity contribution < 1.29 is 4.74 Å². The number of nitrogens with one attached hydrogen (secondary N) is 2. The van der Waals surface area contributed by atoms with Gasteiger partial charge in [-0.25, -0.2) is 4.98 Å². The van der Waals surface area contributed by atoms with Gasteiger partial charge in [-0.2, -0.15) is 0 Å². The second-order valence-corrected chi connectivity index (χ2v) is 4.95. The first-order valence-electron chi connectivity index (χ1n) is 7.10. The molecule has 5 nitrogen and oxygen atoms in total. The number of rotatable bonds is 6. The van der Waals surface area contributed by atoms with E-state index in [0.717, 1.165) is 35.5 Å². The number of aryl methyl sites for hydroxylation is 1. The van der Waals surface area contributed by atoms with Gasteiger partial charge in [0, 0.05) is 18.2 Å². The third kappa shape index (κ3) is 3.92. The highest BCUT2D eigenvalue weighted by atomic mass is 16.5. The quantitative estimate of drug-likeness (QED) is 0.800. The molecule has 1 aromatic carbocycles. The lowest BCUT2D eigenvalue weighted by molar-refractivity contribution is 0.412. The molecule has 1 aromatic heterocycles. The van der Waals surface area contributed by atoms with E-state index >= 15 is 0 Å². The number of nitrogens with zero attached hydrogens (tertiary/aromatic N) is 1. The summed E-state index contributed by atoms with van der Waals surface area (Å²) >= 11 is 0. The van der Waals surface area contributed by atoms with Crippen LogP contribution in [0.1, 0.15) is 24.6 Å². The van der Waals surface area contributed by atoms with Crippen LogP contribution in [-0.4, -0.2) is 23.6 Å². The fraction of sp³-hybridized carbons (Fsp3) is 0.375. The number of hydrogen-bond donors (Lipinski definition) is 2. The first-order chi connectivity index (χ1) is 10.1. The topological polar surface area (TPSA) is 67.0 Å². The molecular formula is C16H21N3O2. The number of benzene rings is 1. The van der Waals surface area contributed by atoms with E-state index in [1.54, 1.807) is 7.11 Å². The second-order valence-electron chi connectivity index (χ2n) is 4.95. The number of aromatic amines is 1. The van der Waals surface area contributed by atoms with Crippen LogP contribution in [0.2, 0.25) is 0 Å². The highest BCUT2D eigenvalue weighted by Gasteiger charge is 2.06. The highest BCUT2D eigenvalue weighted by Crippen LogP contribution is 2.23. The van der Waals surface area contributed by atoms with E-state index < -0.39 is 0 Å². The van der Waals surface area contributed by atoms with Crippen molar-refractivity contribution in [3.8, 4) is 17.1 Å². The lowest BCUT2D eigenvalue weighted by atomic mass is 10.1. The van der Waals surface area contributed by atoms with Gasteiger partial charge in [0.05, 0.1) is 12.8 Å². The first-order valence-corrected chi connectivity index (χ1v) is 7.10. The molecule has 1 heterocycles. The molecular weight excluding hydrogens is 266 g/mol. The van der Waals surface area contributed by atoms with E-state index in [2.05, 4.69) is 22.2 Å². The zero-order valence-electron chi connectivity index (χ0n) is 12.7. The van der Waals surface area contributed by atoms with Gasteiger partial charge in [0.15, 0.2) is 0 Å². The van der Waals surface area contributed by atoms with Crippen LogP contribution in [0.15, 0.2) is 29.1 Å². The molecule has 0 unspecified atom stereocenters. The molecule has 0 bridgehead atoms. The molecule has 0 spiro atoms. The van der Waals surface area contributed by atoms with Gasteiger partial charge < -0.3 is 15.0 Å². The van der Waals surface area contributed by atoms with Crippen LogP contribution < -0.4 is 15.6 Å². The third-order valence-corrected chi connectivity index (χ3v) is 3.20. The average molecular weight is 287 g/mol. The molecule has 0 saturated carbocycles. The smallest absolute Gasteiger partial charge is 0.251 e. The summed E-state index contributed by atoms with van der Waals surface area (Å²) in [5, 5.41) is 3.25. The summed E-state index contributed by atoms with van der Waals surface area (Å²) in [6.07, 6.45) is 1.05. The lowest BCUT2D eigenvalue weighted by Crippen LogP contribution is -2.18. The monoisotopic (exact) mass is 287 g/mol. The van der Waals surface area contributed by atoms with Gasteiger partial charge in [0.1, 0.15) is 11.6 Å². The largest absolute Gasteiger partial charge is 0.496 e. The lowest BCUT2D eigenvalue weighted by Gasteiger charge is -2.08. The van der Waals surface area contributed by atoms with Gasteiger partial charge in [0.25, 0.3) is 5.56 Å². The van der Waals surface area contributed by atoms with Gasteiger partial charge in [-0.05, 0) is 43.7 Å². The van der Waals surface area contributed by atoms with Gasteiger partial charge in [0.2, 0.25) is 0 Å². The third-order valence-electron chi connectivity index (χ3n) is 3.20. The van der Waals surface area contributed by atoms with E-state index in [4.69, 9.17) is 4.74 Å². The van der Waals surface area contributed by atoms with Gasteiger partial charge in [-0.3, -0.25) is 4.79 Å². The molecule has 0 radical (unpaired) electrons. The zero-order valence-corrected chi connectivity index (χ0v) is 12.7. The Hall–Kier alpha value is -2.14. The standard InChI is InChI=1S/C16H21N3O2/c1-4-7-17-10-13-9-15(20)19-16(18-13)12-5-6-14(21-3)11(2)8-12/h5-6,8-9,17H,4,7,10H2,1-3H3,(H,18,19,20). The summed E-state index contributed by atoms with van der Waals surface area (Å²) in [4.78, 5) is 19.1. The predicted octanol–water partition coefficient (Wildman–Crippen LogP) is 2.25. The molecule has 0 fully saturated rings. The summed E-state index contributed by atoms with van der Waals surface area (Å²) in [7, 11) is 1.64. The van der Waals surface area contributed by atoms with E-state index in [0.29, 0.717) is 12.4 Å². The SMILES string of the molecule is CCCNCc1cc(=O)[nH]c(-c2ccc(OC)c(C)c2)n1. The number of H-pyrrole nitrogens is 1. The van der Waals surface area contributed by atoms with Crippen LogP contribution in [0.4, 0.5) is 0 Å². The Morgan fingerprint density at radius 1 is 1.33 bits per heavy atom. The molecule has 21 heavy (non-hydrogen) atoms. The highest BCUT2D eigenvalue weighted by molar-refractivity contribution is 5.58. The molecule has 0 atom stereocenters. The van der Waals surface area contributed by atoms with E-state index in [9.17, 15) is 4.79 Å². The predicted molar refractivity (Wildman–Crippen MR) is 83.6 cm³/mol. The maximum Gasteiger partial charge on any atom is 0.251 e. The summed E-state index contributed by atoms with van der Waals surface area (Å²) in [6, 6.07) is 7.27. The molecule has 0 aliphatic rings. The van der Waals surface area contributed by atoms with Gasteiger partial charge in [-0.15, -0.1) is 0 Å². The van der Waals surface area contributed by atoms with E-state index in [1.807, 2.05) is 25.1 Å². The minimum absolute atomic E-state index is 0.137. The Balaban J connectivity index is 2.30. The van der Waals surface area contributed by atoms with E-state index in [1.165, 1.54) is 6.07 Å². The maximum atomic E-state index is 11.8. The van der Waals surface area contributed by atoms with Crippen molar-refractivity contribution in [2.45, 2.75) is 26.8 Å². The molecule has 0 amide bonds. The van der Waals surface area contributed by atoms with Crippen molar-refractivity contribution in [1.82, 2.24) is 15.3 Å². The Morgan fingerprint density at radius 3 is 2.81 bits per heavy atom. The van der Waals surface area contributed by atoms with Crippen LogP contribution in [0, 0.1) is 6.92 Å². The molecule has 0 saturated heterocycles. The number of hydrogen-bond acceptors (Lipinski definition) is 4. The summed E-state index contributed by atoms with van der Waals surface area (Å²) < 4.78 is 5.25. The summed E-state index contributed by atoms with van der Waals surface area (Å²) in [5.74, 6) is 1.41. The van der Waals surface area contributed by atoms with Crippen LogP contribution >= 0.6 is 0 Å². The average Bonchev–Trinajstić information content (AvgIpc) is 2.47. The Labute approximate surface area is 124 Å². The minimum Gasteiger partial charge on any atom is -0.496 e. The molecule has 2 N–H and O–H groups in total. The minimum atomic E-state index is -0.137. The van der Waals surface area contributed by atoms with Crippen molar-refractivity contribution in [3.63, 3.8) is 0 Å². The van der Waals surface area contributed by atoms with Crippen molar-refractivity contribution in [2.75, 3.05) is 13.7 Å². The van der Waals surface area contributed by atoms with Crippen molar-refractivity contribution in [3.05, 3.63) is 45.9 Å². The van der Waals surface area contributed by atoms with Gasteiger partial charge >= 0.3 is 0 Å². The fourth-order valence-electron chi connectivity index (χ4n) is 2.15. The second kappa shape index (κ2) is 7.04. The Morgan fingerprint density at radius 2 is 2.14 bits per heavy atom. The van der Waals surface area contributed by atoms with Crippen molar-refractivity contribution in [2.24, 2.45) is 0 Å². The zero-order chi connectivity index (χ0) is 15.2. The first kappa shape index (κ1) is 15.3. The Kier molecular flexibility index (Phi) is 5.11. The van der Waals surface area contributed by atoms with Crippen molar-refractivity contribution in [1.29, 1.82) is 0 Å². The van der Waals surface area contributed by atoms with Crippen LogP contribution in [0.25, 0.3) is 11.4 Å². The number of aromatic nitrogens is 2. The molecule has 5 heteroatoms. The van der Waals surface area contributed by atoms with E-state index in [-0.39, 0.29) is 5.56 Å². The molecule has 2 aromatic rings. The fourth-order valence-corrected chi connectivity index (χ4v) is 2.15.